The molecule has 3 rings (SSSR count). The molecule has 2 aliphatic rings. The number of aliphatic hydroxyl groups excluding tert-OH is 1. The summed E-state index contributed by atoms with van der Waals surface area (Å²) >= 11 is 0. The highest BCUT2D eigenvalue weighted by atomic mass is 19.1. The van der Waals surface area contributed by atoms with Crippen molar-refractivity contribution in [1.82, 2.24) is 9.88 Å². The molecule has 20 heavy (non-hydrogen) atoms. The van der Waals surface area contributed by atoms with Crippen LogP contribution in [0.2, 0.25) is 0 Å². The van der Waals surface area contributed by atoms with Crippen molar-refractivity contribution >= 4 is 0 Å². The molecule has 1 aromatic heterocycles. The highest BCUT2D eigenvalue weighted by Gasteiger charge is 2.43. The predicted octanol–water partition coefficient (Wildman–Crippen LogP) is 1.73. The second-order valence-electron chi connectivity index (χ2n) is 5.78. The highest BCUT2D eigenvalue weighted by molar-refractivity contribution is 5.07. The van der Waals surface area contributed by atoms with E-state index in [4.69, 9.17) is 4.74 Å². The summed E-state index contributed by atoms with van der Waals surface area (Å²) in [5.41, 5.74) is 0.130. The Kier molecular flexibility index (Phi) is 4.01. The first kappa shape index (κ1) is 13.9. The Morgan fingerprint density at radius 1 is 1.45 bits per heavy atom. The molecule has 1 N–H and O–H groups in total. The van der Waals surface area contributed by atoms with E-state index in [-0.39, 0.29) is 17.5 Å². The fourth-order valence-electron chi connectivity index (χ4n) is 3.23. The van der Waals surface area contributed by atoms with Gasteiger partial charge < -0.3 is 9.84 Å². The molecule has 3 heterocycles. The van der Waals surface area contributed by atoms with Gasteiger partial charge in [-0.05, 0) is 37.8 Å². The Morgan fingerprint density at radius 2 is 2.25 bits per heavy atom. The van der Waals surface area contributed by atoms with Crippen LogP contribution in [-0.2, 0) is 11.3 Å². The molecule has 1 atom stereocenters. The van der Waals surface area contributed by atoms with Crippen LogP contribution in [0.25, 0.3) is 0 Å². The van der Waals surface area contributed by atoms with Gasteiger partial charge in [0.1, 0.15) is 5.82 Å². The molecule has 4 nitrogen and oxygen atoms in total. The average Bonchev–Trinajstić information content (AvgIpc) is 2.47. The van der Waals surface area contributed by atoms with Gasteiger partial charge in [-0.15, -0.1) is 0 Å². The van der Waals surface area contributed by atoms with Gasteiger partial charge in [0.05, 0.1) is 17.4 Å². The van der Waals surface area contributed by atoms with Crippen LogP contribution >= 0.6 is 0 Å². The smallest absolute Gasteiger partial charge is 0.146 e. The maximum atomic E-state index is 13.6. The van der Waals surface area contributed by atoms with Crippen LogP contribution in [0.1, 0.15) is 31.4 Å². The maximum absolute atomic E-state index is 13.6. The maximum Gasteiger partial charge on any atom is 0.146 e. The second kappa shape index (κ2) is 5.76. The van der Waals surface area contributed by atoms with Gasteiger partial charge in [0.25, 0.3) is 0 Å². The minimum Gasteiger partial charge on any atom is -0.390 e. The number of aromatic nitrogens is 1. The third-order valence-electron chi connectivity index (χ3n) is 4.53. The molecule has 2 saturated heterocycles. The summed E-state index contributed by atoms with van der Waals surface area (Å²) < 4.78 is 19.5. The lowest BCUT2D eigenvalue weighted by Gasteiger charge is -2.46. The monoisotopic (exact) mass is 280 g/mol. The van der Waals surface area contributed by atoms with Gasteiger partial charge in [0.15, 0.2) is 0 Å². The number of hydrogen-bond donors (Lipinski definition) is 1. The zero-order valence-corrected chi connectivity index (χ0v) is 11.6. The third kappa shape index (κ3) is 2.71. The molecule has 1 aromatic rings. The van der Waals surface area contributed by atoms with Gasteiger partial charge in [-0.1, -0.05) is 0 Å². The summed E-state index contributed by atoms with van der Waals surface area (Å²) in [5.74, 6) is -0.248. The van der Waals surface area contributed by atoms with Crippen molar-refractivity contribution in [1.29, 1.82) is 0 Å². The quantitative estimate of drug-likeness (QED) is 0.896. The number of ether oxygens (including phenoxy) is 1. The summed E-state index contributed by atoms with van der Waals surface area (Å²) in [4.78, 5) is 6.28. The van der Waals surface area contributed by atoms with Crippen LogP contribution in [0.15, 0.2) is 18.3 Å². The van der Waals surface area contributed by atoms with Gasteiger partial charge in [0, 0.05) is 32.4 Å². The standard InChI is InChI=1S/C15H21FN2O2/c16-12-3-1-7-17-13(12)11-18-8-5-15(6-9-18)14(19)4-2-10-20-15/h1,3,7,14,19H,2,4-6,8-11H2. The van der Waals surface area contributed by atoms with E-state index in [1.165, 1.54) is 6.07 Å². The summed E-state index contributed by atoms with van der Waals surface area (Å²) in [6, 6.07) is 3.05. The normalized spacial score (nSPS) is 26.8. The first-order valence-electron chi connectivity index (χ1n) is 7.33. The SMILES string of the molecule is OC1CCCOC12CCN(Cc1ncccc1F)CC2. The van der Waals surface area contributed by atoms with Crippen molar-refractivity contribution in [3.8, 4) is 0 Å². The number of nitrogens with zero attached hydrogens (tertiary/aromatic N) is 2. The molecule has 0 saturated carbocycles. The lowest BCUT2D eigenvalue weighted by molar-refractivity contribution is -0.177. The van der Waals surface area contributed by atoms with E-state index in [9.17, 15) is 9.50 Å². The molecule has 5 heteroatoms. The van der Waals surface area contributed by atoms with E-state index < -0.39 is 0 Å². The van der Waals surface area contributed by atoms with E-state index in [1.54, 1.807) is 12.3 Å². The van der Waals surface area contributed by atoms with Crippen LogP contribution in [0.3, 0.4) is 0 Å². The average molecular weight is 280 g/mol. The molecule has 0 aliphatic carbocycles. The van der Waals surface area contributed by atoms with Crippen molar-refractivity contribution < 1.29 is 14.2 Å². The minimum atomic E-state index is -0.364. The first-order valence-corrected chi connectivity index (χ1v) is 7.33. The third-order valence-corrected chi connectivity index (χ3v) is 4.53. The first-order chi connectivity index (χ1) is 9.70. The van der Waals surface area contributed by atoms with Crippen LogP contribution in [0.5, 0.6) is 0 Å². The largest absolute Gasteiger partial charge is 0.390 e. The number of piperidine rings is 1. The molecular weight excluding hydrogens is 259 g/mol. The van der Waals surface area contributed by atoms with E-state index in [2.05, 4.69) is 9.88 Å². The Morgan fingerprint density at radius 3 is 2.95 bits per heavy atom. The molecule has 1 unspecified atom stereocenters. The van der Waals surface area contributed by atoms with Crippen molar-refractivity contribution in [2.45, 2.75) is 43.9 Å². The van der Waals surface area contributed by atoms with Crippen LogP contribution in [0.4, 0.5) is 4.39 Å². The number of rotatable bonds is 2. The van der Waals surface area contributed by atoms with Crippen molar-refractivity contribution in [2.24, 2.45) is 0 Å². The lowest BCUT2D eigenvalue weighted by atomic mass is 9.82. The van der Waals surface area contributed by atoms with E-state index in [1.807, 2.05) is 0 Å². The van der Waals surface area contributed by atoms with Crippen molar-refractivity contribution in [3.63, 3.8) is 0 Å². The molecule has 110 valence electrons. The Bertz CT molecular complexity index is 461. The molecule has 0 aromatic carbocycles. The second-order valence-corrected chi connectivity index (χ2v) is 5.78. The Hall–Kier alpha value is -1.04. The van der Waals surface area contributed by atoms with Crippen molar-refractivity contribution in [2.75, 3.05) is 19.7 Å². The minimum absolute atomic E-state index is 0.248. The zero-order valence-electron chi connectivity index (χ0n) is 11.6. The zero-order chi connectivity index (χ0) is 14.0. The van der Waals surface area contributed by atoms with E-state index >= 15 is 0 Å². The lowest BCUT2D eigenvalue weighted by Crippen LogP contribution is -2.55. The molecule has 0 amide bonds. The number of aliphatic hydroxyl groups is 1. The Balaban J connectivity index is 1.60. The number of likely N-dealkylation sites (tertiary alicyclic amines) is 1. The summed E-state index contributed by atoms with van der Waals surface area (Å²) in [5, 5.41) is 10.2. The van der Waals surface area contributed by atoms with Crippen LogP contribution in [0, 0.1) is 5.82 Å². The summed E-state index contributed by atoms with van der Waals surface area (Å²) in [6.07, 6.45) is 4.65. The van der Waals surface area contributed by atoms with E-state index in [0.29, 0.717) is 12.2 Å². The number of halogens is 1. The van der Waals surface area contributed by atoms with Crippen LogP contribution in [-0.4, -0.2) is 46.4 Å². The fourth-order valence-corrected chi connectivity index (χ4v) is 3.23. The molecule has 0 radical (unpaired) electrons. The highest BCUT2D eigenvalue weighted by Crippen LogP contribution is 2.35. The van der Waals surface area contributed by atoms with Crippen LogP contribution < -0.4 is 0 Å². The molecule has 2 aliphatic heterocycles. The van der Waals surface area contributed by atoms with Gasteiger partial charge >= 0.3 is 0 Å². The van der Waals surface area contributed by atoms with Crippen molar-refractivity contribution in [3.05, 3.63) is 29.8 Å². The molecule has 1 spiro atoms. The summed E-state index contributed by atoms with van der Waals surface area (Å²) in [7, 11) is 0. The predicted molar refractivity (Wildman–Crippen MR) is 72.6 cm³/mol. The van der Waals surface area contributed by atoms with Gasteiger partial charge in [-0.25, -0.2) is 4.39 Å². The summed E-state index contributed by atoms with van der Waals surface area (Å²) in [6.45, 7) is 2.89. The molecular formula is C15H21FN2O2. The molecule has 0 bridgehead atoms. The fraction of sp³-hybridized carbons (Fsp3) is 0.667. The van der Waals surface area contributed by atoms with Gasteiger partial charge in [-0.3, -0.25) is 9.88 Å². The number of pyridine rings is 1. The Labute approximate surface area is 118 Å². The molecule has 2 fully saturated rings. The van der Waals surface area contributed by atoms with E-state index in [0.717, 1.165) is 45.4 Å². The topological polar surface area (TPSA) is 45.6 Å². The van der Waals surface area contributed by atoms with Gasteiger partial charge in [0.2, 0.25) is 0 Å². The van der Waals surface area contributed by atoms with Gasteiger partial charge in [-0.2, -0.15) is 0 Å². The number of hydrogen-bond acceptors (Lipinski definition) is 4.